The summed E-state index contributed by atoms with van der Waals surface area (Å²) in [6.45, 7) is 6.39. The molecule has 2 aromatic heterocycles. The molecule has 0 fully saturated rings. The molecule has 3 aromatic rings. The largest absolute Gasteiger partial charge is 0.360 e. The fourth-order valence-corrected chi connectivity index (χ4v) is 4.50. The molecule has 27 heavy (non-hydrogen) atoms. The van der Waals surface area contributed by atoms with Gasteiger partial charge in [0.1, 0.15) is 10.8 Å². The van der Waals surface area contributed by atoms with Gasteiger partial charge in [-0.1, -0.05) is 30.3 Å². The first kappa shape index (κ1) is 17.9. The molecule has 3 heterocycles. The molecular weight excluding hydrogens is 356 g/mol. The molecule has 1 N–H and O–H groups in total. The van der Waals surface area contributed by atoms with Gasteiger partial charge in [0.25, 0.3) is 0 Å². The Hall–Kier alpha value is -2.47. The lowest BCUT2D eigenvalue weighted by Crippen LogP contribution is -2.38. The maximum Gasteiger partial charge on any atom is 0.168 e. The number of anilines is 1. The molecule has 6 heteroatoms. The zero-order chi connectivity index (χ0) is 19.0. The number of aromatic nitrogens is 3. The minimum Gasteiger partial charge on any atom is -0.360 e. The van der Waals surface area contributed by atoms with E-state index in [1.165, 1.54) is 10.4 Å². The number of benzene rings is 1. The van der Waals surface area contributed by atoms with Crippen LogP contribution in [-0.4, -0.2) is 20.5 Å². The second kappa shape index (κ2) is 6.93. The van der Waals surface area contributed by atoms with Gasteiger partial charge >= 0.3 is 0 Å². The van der Waals surface area contributed by atoms with Crippen LogP contribution in [0.25, 0.3) is 0 Å². The van der Waals surface area contributed by atoms with E-state index in [4.69, 9.17) is 0 Å². The molecule has 0 aliphatic carbocycles. The van der Waals surface area contributed by atoms with Crippen molar-refractivity contribution in [2.45, 2.75) is 51.6 Å². The second-order valence-electron chi connectivity index (χ2n) is 7.75. The number of thiazole rings is 1. The molecule has 1 aliphatic rings. The molecule has 0 saturated heterocycles. The minimum absolute atomic E-state index is 0.101. The molecule has 4 rings (SSSR count). The summed E-state index contributed by atoms with van der Waals surface area (Å²) in [5, 5.41) is 9.14. The van der Waals surface area contributed by atoms with E-state index in [0.29, 0.717) is 12.0 Å². The molecule has 0 spiro atoms. The van der Waals surface area contributed by atoms with Crippen LogP contribution < -0.4 is 5.32 Å². The molecule has 1 atom stereocenters. The first-order valence-corrected chi connectivity index (χ1v) is 10.1. The van der Waals surface area contributed by atoms with E-state index in [1.807, 2.05) is 29.1 Å². The quantitative estimate of drug-likeness (QED) is 0.649. The fourth-order valence-electron chi connectivity index (χ4n) is 3.67. The maximum atomic E-state index is 12.9. The number of carbonyl (C=O) groups is 1. The number of hydrogen-bond acceptors (Lipinski definition) is 5. The van der Waals surface area contributed by atoms with Crippen LogP contribution in [0.3, 0.4) is 0 Å². The molecule has 1 aromatic carbocycles. The van der Waals surface area contributed by atoms with E-state index in [1.54, 1.807) is 17.5 Å². The highest BCUT2D eigenvalue weighted by molar-refractivity contribution is 7.11. The predicted octanol–water partition coefficient (Wildman–Crippen LogP) is 4.76. The number of aryl methyl sites for hydroxylation is 2. The third-order valence-corrected chi connectivity index (χ3v) is 6.10. The third-order valence-electron chi connectivity index (χ3n) is 5.08. The van der Waals surface area contributed by atoms with E-state index in [0.717, 1.165) is 23.7 Å². The van der Waals surface area contributed by atoms with E-state index in [-0.39, 0.29) is 17.4 Å². The normalized spacial score (nSPS) is 18.0. The smallest absolute Gasteiger partial charge is 0.168 e. The van der Waals surface area contributed by atoms with Crippen LogP contribution in [0.2, 0.25) is 0 Å². The van der Waals surface area contributed by atoms with Gasteiger partial charge in [-0.15, -0.1) is 11.3 Å². The molecule has 140 valence electrons. The van der Waals surface area contributed by atoms with Crippen molar-refractivity contribution >= 4 is 22.9 Å². The number of nitrogens with one attached hydrogen (secondary N) is 1. The highest BCUT2D eigenvalue weighted by atomic mass is 32.1. The van der Waals surface area contributed by atoms with Crippen molar-refractivity contribution in [3.05, 3.63) is 63.7 Å². The van der Waals surface area contributed by atoms with Crippen LogP contribution in [-0.2, 0) is 12.0 Å². The van der Waals surface area contributed by atoms with Crippen molar-refractivity contribution in [2.24, 2.45) is 0 Å². The average Bonchev–Trinajstić information content (AvgIpc) is 3.27. The number of fused-ring (bicyclic) bond motifs is 1. The zero-order valence-electron chi connectivity index (χ0n) is 15.9. The Morgan fingerprint density at radius 1 is 1.30 bits per heavy atom. The van der Waals surface area contributed by atoms with Crippen molar-refractivity contribution in [1.82, 2.24) is 14.8 Å². The summed E-state index contributed by atoms with van der Waals surface area (Å²) in [7, 11) is 0. The Bertz CT molecular complexity index is 958. The predicted molar refractivity (Wildman–Crippen MR) is 108 cm³/mol. The van der Waals surface area contributed by atoms with Gasteiger partial charge in [-0.3, -0.25) is 4.79 Å². The van der Waals surface area contributed by atoms with Crippen molar-refractivity contribution in [2.75, 3.05) is 5.32 Å². The molecule has 1 aliphatic heterocycles. The number of rotatable bonds is 5. The van der Waals surface area contributed by atoms with E-state index in [9.17, 15) is 4.79 Å². The van der Waals surface area contributed by atoms with Gasteiger partial charge in [0.05, 0.1) is 23.3 Å². The van der Waals surface area contributed by atoms with E-state index >= 15 is 0 Å². The van der Waals surface area contributed by atoms with E-state index < -0.39 is 0 Å². The fraction of sp³-hybridized carbons (Fsp3) is 0.381. The van der Waals surface area contributed by atoms with Gasteiger partial charge in [0, 0.05) is 17.5 Å². The van der Waals surface area contributed by atoms with Gasteiger partial charge in [0.2, 0.25) is 0 Å². The summed E-state index contributed by atoms with van der Waals surface area (Å²) in [4.78, 5) is 18.7. The number of ketones is 1. The zero-order valence-corrected chi connectivity index (χ0v) is 16.7. The Morgan fingerprint density at radius 3 is 2.78 bits per heavy atom. The van der Waals surface area contributed by atoms with Crippen LogP contribution >= 0.6 is 11.3 Å². The monoisotopic (exact) mass is 380 g/mol. The number of nitrogens with zero attached hydrogens (tertiary/aromatic N) is 3. The Balaban J connectivity index is 1.58. The summed E-state index contributed by atoms with van der Waals surface area (Å²) in [6, 6.07) is 10.2. The van der Waals surface area contributed by atoms with E-state index in [2.05, 4.69) is 48.3 Å². The van der Waals surface area contributed by atoms with Crippen molar-refractivity contribution in [1.29, 1.82) is 0 Å². The first-order chi connectivity index (χ1) is 12.9. The number of Topliss-reactive ketones (excluding diaryl/α,β-unsaturated/α-hetero) is 1. The second-order valence-corrected chi connectivity index (χ2v) is 9.02. The molecule has 1 unspecified atom stereocenters. The highest BCUT2D eigenvalue weighted by Gasteiger charge is 2.37. The van der Waals surface area contributed by atoms with Crippen LogP contribution in [0.5, 0.6) is 0 Å². The lowest BCUT2D eigenvalue weighted by Gasteiger charge is -2.37. The van der Waals surface area contributed by atoms with Gasteiger partial charge in [-0.05, 0) is 39.2 Å². The number of hydrogen-bond donors (Lipinski definition) is 1. The molecule has 5 nitrogen and oxygen atoms in total. The molecular formula is C21H24N4OS. The van der Waals surface area contributed by atoms with Crippen LogP contribution in [0.4, 0.5) is 5.82 Å². The topological polar surface area (TPSA) is 59.8 Å². The van der Waals surface area contributed by atoms with Gasteiger partial charge < -0.3 is 5.32 Å². The van der Waals surface area contributed by atoms with Gasteiger partial charge in [-0.2, -0.15) is 5.10 Å². The Kier molecular flexibility index (Phi) is 4.60. The molecule has 0 amide bonds. The maximum absolute atomic E-state index is 12.9. The lowest BCUT2D eigenvalue weighted by molar-refractivity contribution is 0.0983. The Labute approximate surface area is 163 Å². The van der Waals surface area contributed by atoms with Gasteiger partial charge in [-0.25, -0.2) is 9.67 Å². The standard InChI is InChI=1S/C21H24N4OS/c1-14-12-22-20(27-14)17-11-21(2,3)25-19(24-17)16(13-23-25)18(26)10-9-15-7-5-4-6-8-15/h4-8,12-13,17,24H,9-11H2,1-3H3. The summed E-state index contributed by atoms with van der Waals surface area (Å²) >= 11 is 1.71. The first-order valence-electron chi connectivity index (χ1n) is 9.28. The average molecular weight is 381 g/mol. The summed E-state index contributed by atoms with van der Waals surface area (Å²) < 4.78 is 1.96. The summed E-state index contributed by atoms with van der Waals surface area (Å²) in [6.07, 6.45) is 5.72. The number of carbonyl (C=O) groups excluding carboxylic acids is 1. The lowest BCUT2D eigenvalue weighted by atomic mass is 9.92. The SMILES string of the molecule is Cc1cnc(C2CC(C)(C)n3ncc(C(=O)CCc4ccccc4)c3N2)s1. The van der Waals surface area contributed by atoms with Gasteiger partial charge in [0.15, 0.2) is 5.78 Å². The van der Waals surface area contributed by atoms with Crippen molar-refractivity contribution in [3.8, 4) is 0 Å². The molecule has 0 bridgehead atoms. The Morgan fingerprint density at radius 2 is 2.07 bits per heavy atom. The molecule has 0 saturated carbocycles. The minimum atomic E-state index is -0.178. The van der Waals surface area contributed by atoms with Crippen LogP contribution in [0.1, 0.15) is 58.5 Å². The third kappa shape index (κ3) is 3.54. The highest BCUT2D eigenvalue weighted by Crippen LogP contribution is 2.41. The van der Waals surface area contributed by atoms with Crippen LogP contribution in [0, 0.1) is 6.92 Å². The van der Waals surface area contributed by atoms with Crippen LogP contribution in [0.15, 0.2) is 42.7 Å². The summed E-state index contributed by atoms with van der Waals surface area (Å²) in [5.74, 6) is 0.946. The van der Waals surface area contributed by atoms with Crippen molar-refractivity contribution < 1.29 is 4.79 Å². The van der Waals surface area contributed by atoms with Crippen molar-refractivity contribution in [3.63, 3.8) is 0 Å². The molecule has 0 radical (unpaired) electrons. The summed E-state index contributed by atoms with van der Waals surface area (Å²) in [5.41, 5.74) is 1.68.